The van der Waals surface area contributed by atoms with Gasteiger partial charge in [-0.05, 0) is 55.2 Å². The van der Waals surface area contributed by atoms with Crippen molar-refractivity contribution in [3.63, 3.8) is 0 Å². The van der Waals surface area contributed by atoms with Crippen LogP contribution in [-0.4, -0.2) is 11.7 Å². The molecule has 1 saturated carbocycles. The summed E-state index contributed by atoms with van der Waals surface area (Å²) < 4.78 is 5.60. The molecule has 0 atom stereocenters. The zero-order valence-electron chi connectivity index (χ0n) is 8.40. The van der Waals surface area contributed by atoms with E-state index in [-0.39, 0.29) is 5.11 Å². The maximum absolute atomic E-state index is 5.60. The summed E-state index contributed by atoms with van der Waals surface area (Å²) in [6.07, 6.45) is 2.61. The van der Waals surface area contributed by atoms with Gasteiger partial charge in [-0.3, -0.25) is 0 Å². The van der Waals surface area contributed by atoms with Crippen molar-refractivity contribution in [1.82, 2.24) is 0 Å². The van der Waals surface area contributed by atoms with Crippen LogP contribution in [0.15, 0.2) is 24.3 Å². The number of hydrogen-bond donors (Lipinski definition) is 2. The highest BCUT2D eigenvalue weighted by Crippen LogP contribution is 2.29. The summed E-state index contributed by atoms with van der Waals surface area (Å²) in [5, 5.41) is 3.14. The lowest BCUT2D eigenvalue weighted by atomic mass is 10.3. The molecule has 1 aromatic rings. The third-order valence-electron chi connectivity index (χ3n) is 2.30. The van der Waals surface area contributed by atoms with Crippen LogP contribution in [0, 0.1) is 5.92 Å². The van der Waals surface area contributed by atoms with Crippen LogP contribution in [0.5, 0.6) is 5.75 Å². The van der Waals surface area contributed by atoms with Crippen LogP contribution in [0.1, 0.15) is 12.8 Å². The van der Waals surface area contributed by atoms with E-state index in [0.29, 0.717) is 0 Å². The molecule has 3 N–H and O–H groups in total. The van der Waals surface area contributed by atoms with Crippen LogP contribution < -0.4 is 15.8 Å². The first-order chi connectivity index (χ1) is 7.24. The van der Waals surface area contributed by atoms with E-state index in [1.54, 1.807) is 0 Å². The largest absolute Gasteiger partial charge is 0.493 e. The molecule has 0 aromatic heterocycles. The molecule has 80 valence electrons. The van der Waals surface area contributed by atoms with Gasteiger partial charge in [0.25, 0.3) is 0 Å². The van der Waals surface area contributed by atoms with Gasteiger partial charge >= 0.3 is 0 Å². The molecule has 0 heterocycles. The second-order valence-electron chi connectivity index (χ2n) is 3.77. The number of nitrogens with two attached hydrogens (primary N) is 1. The van der Waals surface area contributed by atoms with Gasteiger partial charge < -0.3 is 15.8 Å². The lowest BCUT2D eigenvalue weighted by Gasteiger charge is -2.07. The molecular weight excluding hydrogens is 208 g/mol. The number of ether oxygens (including phenoxy) is 1. The lowest BCUT2D eigenvalue weighted by Crippen LogP contribution is -2.18. The Morgan fingerprint density at radius 1 is 1.40 bits per heavy atom. The van der Waals surface area contributed by atoms with Crippen LogP contribution >= 0.6 is 12.2 Å². The standard InChI is InChI=1S/C11H14N2OS/c12-11(15)13-9-3-5-10(6-4-9)14-7-8-1-2-8/h3-6,8H,1-2,7H2,(H3,12,13,15). The topological polar surface area (TPSA) is 47.3 Å². The van der Waals surface area contributed by atoms with E-state index < -0.39 is 0 Å². The molecule has 2 rings (SSSR count). The molecular formula is C11H14N2OS. The lowest BCUT2D eigenvalue weighted by molar-refractivity contribution is 0.300. The molecule has 3 nitrogen and oxygen atoms in total. The smallest absolute Gasteiger partial charge is 0.168 e. The number of benzene rings is 1. The summed E-state index contributed by atoms with van der Waals surface area (Å²) in [6, 6.07) is 7.65. The van der Waals surface area contributed by atoms with E-state index in [1.807, 2.05) is 24.3 Å². The SMILES string of the molecule is NC(=S)Nc1ccc(OCC2CC2)cc1. The van der Waals surface area contributed by atoms with E-state index in [2.05, 4.69) is 5.32 Å². The zero-order valence-corrected chi connectivity index (χ0v) is 9.22. The van der Waals surface area contributed by atoms with Crippen molar-refractivity contribution in [1.29, 1.82) is 0 Å². The molecule has 0 spiro atoms. The minimum atomic E-state index is 0.279. The Morgan fingerprint density at radius 2 is 2.07 bits per heavy atom. The maximum atomic E-state index is 5.60. The quantitative estimate of drug-likeness (QED) is 0.766. The summed E-state index contributed by atoms with van der Waals surface area (Å²) in [4.78, 5) is 0. The van der Waals surface area contributed by atoms with Gasteiger partial charge in [0.15, 0.2) is 5.11 Å². The van der Waals surface area contributed by atoms with E-state index in [4.69, 9.17) is 22.7 Å². The Morgan fingerprint density at radius 3 is 2.60 bits per heavy atom. The van der Waals surface area contributed by atoms with Crippen LogP contribution in [-0.2, 0) is 0 Å². The summed E-state index contributed by atoms with van der Waals surface area (Å²) in [6.45, 7) is 0.835. The van der Waals surface area contributed by atoms with Crippen molar-refractivity contribution >= 4 is 23.0 Å². The Labute approximate surface area is 94.6 Å². The zero-order chi connectivity index (χ0) is 10.7. The monoisotopic (exact) mass is 222 g/mol. The minimum absolute atomic E-state index is 0.279. The Balaban J connectivity index is 1.87. The maximum Gasteiger partial charge on any atom is 0.168 e. The second-order valence-corrected chi connectivity index (χ2v) is 4.21. The van der Waals surface area contributed by atoms with E-state index in [9.17, 15) is 0 Å². The first kappa shape index (κ1) is 10.2. The number of hydrogen-bond acceptors (Lipinski definition) is 2. The van der Waals surface area contributed by atoms with Gasteiger partial charge in [-0.15, -0.1) is 0 Å². The van der Waals surface area contributed by atoms with Gasteiger partial charge in [-0.25, -0.2) is 0 Å². The van der Waals surface area contributed by atoms with E-state index in [0.717, 1.165) is 24.0 Å². The third kappa shape index (κ3) is 3.40. The molecule has 1 fully saturated rings. The fourth-order valence-corrected chi connectivity index (χ4v) is 1.39. The summed E-state index contributed by atoms with van der Waals surface area (Å²) >= 11 is 4.74. The molecule has 0 amide bonds. The van der Waals surface area contributed by atoms with Gasteiger partial charge in [0, 0.05) is 5.69 Å². The highest BCUT2D eigenvalue weighted by molar-refractivity contribution is 7.80. The molecule has 4 heteroatoms. The molecule has 1 aliphatic carbocycles. The molecule has 0 unspecified atom stereocenters. The summed E-state index contributed by atoms with van der Waals surface area (Å²) in [5.41, 5.74) is 6.25. The van der Waals surface area contributed by atoms with Crippen molar-refractivity contribution in [2.24, 2.45) is 11.7 Å². The van der Waals surface area contributed by atoms with Crippen molar-refractivity contribution in [2.45, 2.75) is 12.8 Å². The Kier molecular flexibility index (Phi) is 3.06. The highest BCUT2D eigenvalue weighted by atomic mass is 32.1. The van der Waals surface area contributed by atoms with E-state index >= 15 is 0 Å². The van der Waals surface area contributed by atoms with Crippen molar-refractivity contribution in [3.05, 3.63) is 24.3 Å². The van der Waals surface area contributed by atoms with Gasteiger partial charge in [0.2, 0.25) is 0 Å². The van der Waals surface area contributed by atoms with Crippen LogP contribution in [0.25, 0.3) is 0 Å². The Hall–Kier alpha value is -1.29. The van der Waals surface area contributed by atoms with Crippen LogP contribution in [0.3, 0.4) is 0 Å². The highest BCUT2D eigenvalue weighted by Gasteiger charge is 2.21. The van der Waals surface area contributed by atoms with Crippen LogP contribution in [0.4, 0.5) is 5.69 Å². The van der Waals surface area contributed by atoms with Crippen molar-refractivity contribution < 1.29 is 4.74 Å². The third-order valence-corrected chi connectivity index (χ3v) is 2.41. The fraction of sp³-hybridized carbons (Fsp3) is 0.364. The number of rotatable bonds is 4. The predicted octanol–water partition coefficient (Wildman–Crippen LogP) is 2.13. The first-order valence-corrected chi connectivity index (χ1v) is 5.44. The molecule has 1 aliphatic rings. The number of nitrogens with one attached hydrogen (secondary N) is 1. The average Bonchev–Trinajstić information content (AvgIpc) is 2.99. The molecule has 0 radical (unpaired) electrons. The van der Waals surface area contributed by atoms with Gasteiger partial charge in [0.05, 0.1) is 6.61 Å². The summed E-state index contributed by atoms with van der Waals surface area (Å²) in [5.74, 6) is 1.68. The minimum Gasteiger partial charge on any atom is -0.493 e. The van der Waals surface area contributed by atoms with Crippen LogP contribution in [0.2, 0.25) is 0 Å². The number of anilines is 1. The van der Waals surface area contributed by atoms with E-state index in [1.165, 1.54) is 12.8 Å². The predicted molar refractivity (Wildman–Crippen MR) is 65.1 cm³/mol. The van der Waals surface area contributed by atoms with Gasteiger partial charge in [-0.1, -0.05) is 0 Å². The van der Waals surface area contributed by atoms with Gasteiger partial charge in [0.1, 0.15) is 5.75 Å². The molecule has 0 bridgehead atoms. The van der Waals surface area contributed by atoms with Crippen molar-refractivity contribution in [2.75, 3.05) is 11.9 Å². The number of thiocarbonyl (C=S) groups is 1. The second kappa shape index (κ2) is 4.49. The molecule has 0 saturated heterocycles. The van der Waals surface area contributed by atoms with Gasteiger partial charge in [-0.2, -0.15) is 0 Å². The molecule has 1 aromatic carbocycles. The normalized spacial score (nSPS) is 14.7. The van der Waals surface area contributed by atoms with Crippen molar-refractivity contribution in [3.8, 4) is 5.75 Å². The fourth-order valence-electron chi connectivity index (χ4n) is 1.28. The molecule has 15 heavy (non-hydrogen) atoms. The molecule has 0 aliphatic heterocycles. The average molecular weight is 222 g/mol. The Bertz CT molecular complexity index is 346. The summed E-state index contributed by atoms with van der Waals surface area (Å²) in [7, 11) is 0. The first-order valence-electron chi connectivity index (χ1n) is 5.03.